The molecule has 0 aliphatic carbocycles. The van der Waals surface area contributed by atoms with Crippen molar-refractivity contribution in [3.63, 3.8) is 0 Å². The molecule has 1 aromatic carbocycles. The maximum absolute atomic E-state index is 12.7. The number of carbonyl (C=O) groups excluding carboxylic acids is 1. The number of nitrogens with zero attached hydrogens (tertiary/aromatic N) is 5. The maximum atomic E-state index is 12.7. The molecule has 10 nitrogen and oxygen atoms in total. The zero-order valence-electron chi connectivity index (χ0n) is 19.6. The van der Waals surface area contributed by atoms with Gasteiger partial charge in [0.1, 0.15) is 0 Å². The molecule has 0 saturated carbocycles. The second-order valence-corrected chi connectivity index (χ2v) is 10.8. The number of hydrogen-bond donors (Lipinski definition) is 2. The van der Waals surface area contributed by atoms with Crippen LogP contribution in [0.15, 0.2) is 35.4 Å². The molecule has 3 heterocycles. The Kier molecular flexibility index (Phi) is 7.77. The van der Waals surface area contributed by atoms with Crippen molar-refractivity contribution in [2.45, 2.75) is 24.2 Å². The first kappa shape index (κ1) is 24.5. The van der Waals surface area contributed by atoms with Gasteiger partial charge in [-0.25, -0.2) is 18.4 Å². The molecular formula is C23H33N7O3S. The van der Waals surface area contributed by atoms with Crippen LogP contribution in [0.1, 0.15) is 29.8 Å². The summed E-state index contributed by atoms with van der Waals surface area (Å²) >= 11 is 0. The fourth-order valence-corrected chi connectivity index (χ4v) is 5.76. The highest BCUT2D eigenvalue weighted by molar-refractivity contribution is 7.89. The number of hydrogen-bond acceptors (Lipinski definition) is 8. The molecule has 184 valence electrons. The lowest BCUT2D eigenvalue weighted by molar-refractivity contribution is 0.0945. The molecule has 2 aliphatic heterocycles. The van der Waals surface area contributed by atoms with E-state index in [0.29, 0.717) is 30.9 Å². The first-order valence-electron chi connectivity index (χ1n) is 11.8. The van der Waals surface area contributed by atoms with Crippen LogP contribution < -0.4 is 11.1 Å². The van der Waals surface area contributed by atoms with E-state index in [1.165, 1.54) is 10.5 Å². The summed E-state index contributed by atoms with van der Waals surface area (Å²) in [4.78, 5) is 26.2. The van der Waals surface area contributed by atoms with Crippen LogP contribution >= 0.6 is 0 Å². The van der Waals surface area contributed by atoms with E-state index in [0.717, 1.165) is 52.0 Å². The van der Waals surface area contributed by atoms with Gasteiger partial charge in [-0.1, -0.05) is 12.1 Å². The number of carbonyl (C=O) groups is 1. The monoisotopic (exact) mass is 487 g/mol. The molecule has 2 aliphatic rings. The lowest BCUT2D eigenvalue weighted by Gasteiger charge is -2.32. The summed E-state index contributed by atoms with van der Waals surface area (Å²) < 4.78 is 27.0. The molecule has 0 unspecified atom stereocenters. The van der Waals surface area contributed by atoms with Crippen molar-refractivity contribution in [1.29, 1.82) is 0 Å². The Morgan fingerprint density at radius 1 is 1.06 bits per heavy atom. The normalized spacial score (nSPS) is 18.3. The van der Waals surface area contributed by atoms with E-state index in [1.807, 2.05) is 0 Å². The average Bonchev–Trinajstić information content (AvgIpc) is 3.39. The molecule has 0 atom stereocenters. The minimum Gasteiger partial charge on any atom is -0.382 e. The Labute approximate surface area is 201 Å². The summed E-state index contributed by atoms with van der Waals surface area (Å²) in [5.74, 6) is -0.299. The highest BCUT2D eigenvalue weighted by atomic mass is 32.2. The van der Waals surface area contributed by atoms with E-state index in [2.05, 4.69) is 32.1 Å². The first-order valence-corrected chi connectivity index (χ1v) is 13.2. The molecule has 34 heavy (non-hydrogen) atoms. The predicted octanol–water partition coefficient (Wildman–Crippen LogP) is 0.878. The topological polar surface area (TPSA) is 125 Å². The van der Waals surface area contributed by atoms with Crippen LogP contribution in [-0.2, 0) is 10.0 Å². The number of nitrogens with one attached hydrogen (secondary N) is 1. The number of anilines is 1. The van der Waals surface area contributed by atoms with Gasteiger partial charge < -0.3 is 20.9 Å². The molecule has 0 bridgehead atoms. The number of nitrogen functional groups attached to an aromatic ring is 1. The van der Waals surface area contributed by atoms with Gasteiger partial charge in [0.05, 0.1) is 16.8 Å². The lowest BCUT2D eigenvalue weighted by atomic mass is 10.1. The van der Waals surface area contributed by atoms with Crippen LogP contribution in [0.4, 0.5) is 5.82 Å². The van der Waals surface area contributed by atoms with Gasteiger partial charge in [0.25, 0.3) is 5.91 Å². The van der Waals surface area contributed by atoms with Crippen molar-refractivity contribution in [3.8, 4) is 11.3 Å². The second kappa shape index (κ2) is 10.8. The largest absolute Gasteiger partial charge is 0.382 e. The fraction of sp³-hybridized carbons (Fsp3) is 0.522. The van der Waals surface area contributed by atoms with Gasteiger partial charge in [0.15, 0.2) is 11.5 Å². The Morgan fingerprint density at radius 3 is 2.41 bits per heavy atom. The molecule has 0 radical (unpaired) electrons. The number of aromatic nitrogens is 2. The quantitative estimate of drug-likeness (QED) is 0.526. The van der Waals surface area contributed by atoms with Crippen molar-refractivity contribution in [1.82, 2.24) is 29.4 Å². The van der Waals surface area contributed by atoms with Crippen molar-refractivity contribution in [3.05, 3.63) is 36.2 Å². The summed E-state index contributed by atoms with van der Waals surface area (Å²) in [5, 5.41) is 2.88. The third kappa shape index (κ3) is 5.72. The summed E-state index contributed by atoms with van der Waals surface area (Å²) in [6.45, 7) is 6.79. The SMILES string of the molecule is CN1CCN(CCCNC(=O)c2nc(-c3ccc(S(=O)(=O)N4CCCC4)cc3)cnc2N)CC1. The van der Waals surface area contributed by atoms with Crippen molar-refractivity contribution < 1.29 is 13.2 Å². The van der Waals surface area contributed by atoms with Crippen LogP contribution in [0, 0.1) is 0 Å². The third-order valence-corrected chi connectivity index (χ3v) is 8.31. The summed E-state index contributed by atoms with van der Waals surface area (Å²) in [6.07, 6.45) is 4.11. The number of likely N-dealkylation sites (N-methyl/N-ethyl adjacent to an activating group) is 1. The molecule has 2 aromatic rings. The molecule has 2 fully saturated rings. The van der Waals surface area contributed by atoms with Gasteiger partial charge >= 0.3 is 0 Å². The summed E-state index contributed by atoms with van der Waals surface area (Å²) in [5.41, 5.74) is 7.12. The van der Waals surface area contributed by atoms with Crippen molar-refractivity contribution >= 4 is 21.7 Å². The second-order valence-electron chi connectivity index (χ2n) is 8.88. The standard InChI is InChI=1S/C23H33N7O3S/c1-28-13-15-29(16-14-28)10-4-9-25-23(31)21-22(24)26-17-20(27-21)18-5-7-19(8-6-18)34(32,33)30-11-2-3-12-30/h5-8,17H,2-4,9-16H2,1H3,(H2,24,26)(H,25,31). The number of nitrogens with two attached hydrogens (primary N) is 1. The third-order valence-electron chi connectivity index (χ3n) is 6.40. The fourth-order valence-electron chi connectivity index (χ4n) is 4.24. The van der Waals surface area contributed by atoms with E-state index >= 15 is 0 Å². The predicted molar refractivity (Wildman–Crippen MR) is 131 cm³/mol. The highest BCUT2D eigenvalue weighted by Crippen LogP contribution is 2.24. The molecule has 11 heteroatoms. The van der Waals surface area contributed by atoms with E-state index in [9.17, 15) is 13.2 Å². The zero-order valence-corrected chi connectivity index (χ0v) is 20.4. The molecule has 1 amide bonds. The molecule has 3 N–H and O–H groups in total. The summed E-state index contributed by atoms with van der Waals surface area (Å²) in [7, 11) is -1.36. The van der Waals surface area contributed by atoms with Gasteiger partial charge in [0.2, 0.25) is 10.0 Å². The lowest BCUT2D eigenvalue weighted by Crippen LogP contribution is -2.45. The Bertz CT molecular complexity index is 1090. The Morgan fingerprint density at radius 2 is 1.74 bits per heavy atom. The molecule has 1 aromatic heterocycles. The number of piperazine rings is 1. The highest BCUT2D eigenvalue weighted by Gasteiger charge is 2.27. The van der Waals surface area contributed by atoms with Gasteiger partial charge in [0, 0.05) is 51.4 Å². The van der Waals surface area contributed by atoms with Gasteiger partial charge in [-0.05, 0) is 45.0 Å². The number of rotatable bonds is 8. The van der Waals surface area contributed by atoms with E-state index in [-0.39, 0.29) is 22.3 Å². The van der Waals surface area contributed by atoms with Crippen LogP contribution in [0.2, 0.25) is 0 Å². The van der Waals surface area contributed by atoms with Gasteiger partial charge in [-0.15, -0.1) is 0 Å². The molecule has 2 saturated heterocycles. The van der Waals surface area contributed by atoms with Gasteiger partial charge in [-0.2, -0.15) is 4.31 Å². The average molecular weight is 488 g/mol. The number of amides is 1. The number of benzene rings is 1. The van der Waals surface area contributed by atoms with Crippen LogP contribution in [-0.4, -0.2) is 97.8 Å². The Hall–Kier alpha value is -2.60. The summed E-state index contributed by atoms with van der Waals surface area (Å²) in [6, 6.07) is 6.50. The Balaban J connectivity index is 1.37. The molecule has 0 spiro atoms. The maximum Gasteiger partial charge on any atom is 0.273 e. The van der Waals surface area contributed by atoms with Crippen molar-refractivity contribution in [2.75, 3.05) is 65.1 Å². The smallest absolute Gasteiger partial charge is 0.273 e. The van der Waals surface area contributed by atoms with E-state index in [1.54, 1.807) is 24.3 Å². The van der Waals surface area contributed by atoms with Crippen LogP contribution in [0.25, 0.3) is 11.3 Å². The molecular weight excluding hydrogens is 454 g/mol. The van der Waals surface area contributed by atoms with Gasteiger partial charge in [-0.3, -0.25) is 4.79 Å². The van der Waals surface area contributed by atoms with E-state index in [4.69, 9.17) is 5.73 Å². The van der Waals surface area contributed by atoms with E-state index < -0.39 is 10.0 Å². The van der Waals surface area contributed by atoms with Crippen LogP contribution in [0.5, 0.6) is 0 Å². The first-order chi connectivity index (χ1) is 16.3. The van der Waals surface area contributed by atoms with Crippen molar-refractivity contribution in [2.24, 2.45) is 0 Å². The minimum absolute atomic E-state index is 0.0635. The minimum atomic E-state index is -3.48. The molecule has 4 rings (SSSR count). The zero-order chi connectivity index (χ0) is 24.1. The van der Waals surface area contributed by atoms with Crippen LogP contribution in [0.3, 0.4) is 0 Å². The number of sulfonamides is 1.